The molecule has 0 aromatic carbocycles. The fourth-order valence-electron chi connectivity index (χ4n) is 3.12. The molecule has 0 bridgehead atoms. The summed E-state index contributed by atoms with van der Waals surface area (Å²) in [7, 11) is 0. The zero-order valence-electron chi connectivity index (χ0n) is 11.6. The molecule has 0 aromatic heterocycles. The first-order valence-electron chi connectivity index (χ1n) is 6.89. The highest BCUT2D eigenvalue weighted by molar-refractivity contribution is 5.06. The molecule has 1 saturated heterocycles. The molecule has 2 nitrogen and oxygen atoms in total. The smallest absolute Gasteiger partial charge is 0.0198 e. The van der Waals surface area contributed by atoms with Gasteiger partial charge in [0.25, 0.3) is 0 Å². The SMILES string of the molecule is CC(C)CC1CN(C2CC2(C)C)C(C)CN1. The third-order valence-electron chi connectivity index (χ3n) is 4.32. The van der Waals surface area contributed by atoms with Crippen LogP contribution in [0.5, 0.6) is 0 Å². The van der Waals surface area contributed by atoms with Crippen LogP contribution >= 0.6 is 0 Å². The molecule has 2 aliphatic rings. The lowest BCUT2D eigenvalue weighted by molar-refractivity contribution is 0.111. The topological polar surface area (TPSA) is 15.3 Å². The number of hydrogen-bond donors (Lipinski definition) is 1. The average molecular weight is 224 g/mol. The van der Waals surface area contributed by atoms with E-state index in [1.807, 2.05) is 0 Å². The summed E-state index contributed by atoms with van der Waals surface area (Å²) in [6, 6.07) is 2.28. The Bertz CT molecular complexity index is 247. The predicted octanol–water partition coefficient (Wildman–Crippen LogP) is 2.49. The van der Waals surface area contributed by atoms with Crippen LogP contribution in [0.15, 0.2) is 0 Å². The highest BCUT2D eigenvalue weighted by atomic mass is 15.3. The van der Waals surface area contributed by atoms with Crippen LogP contribution in [0.4, 0.5) is 0 Å². The minimum Gasteiger partial charge on any atom is -0.311 e. The molecule has 2 fully saturated rings. The van der Waals surface area contributed by atoms with Crippen molar-refractivity contribution >= 4 is 0 Å². The van der Waals surface area contributed by atoms with E-state index >= 15 is 0 Å². The Balaban J connectivity index is 1.91. The summed E-state index contributed by atoms with van der Waals surface area (Å²) >= 11 is 0. The van der Waals surface area contributed by atoms with Gasteiger partial charge in [-0.05, 0) is 31.1 Å². The van der Waals surface area contributed by atoms with E-state index in [1.165, 1.54) is 25.9 Å². The molecule has 1 heterocycles. The second-order valence-electron chi connectivity index (χ2n) is 6.99. The number of rotatable bonds is 3. The number of piperazine rings is 1. The molecular weight excluding hydrogens is 196 g/mol. The molecule has 0 radical (unpaired) electrons. The van der Waals surface area contributed by atoms with Gasteiger partial charge in [0.2, 0.25) is 0 Å². The van der Waals surface area contributed by atoms with Crippen molar-refractivity contribution in [1.29, 1.82) is 0 Å². The third kappa shape index (κ3) is 2.60. The van der Waals surface area contributed by atoms with E-state index in [0.29, 0.717) is 11.5 Å². The molecule has 3 atom stereocenters. The summed E-state index contributed by atoms with van der Waals surface area (Å²) in [5.41, 5.74) is 0.577. The molecule has 1 saturated carbocycles. The van der Waals surface area contributed by atoms with Gasteiger partial charge in [0, 0.05) is 31.2 Å². The Hall–Kier alpha value is -0.0800. The van der Waals surface area contributed by atoms with Crippen molar-refractivity contribution in [2.75, 3.05) is 13.1 Å². The van der Waals surface area contributed by atoms with E-state index in [-0.39, 0.29) is 0 Å². The second kappa shape index (κ2) is 4.30. The van der Waals surface area contributed by atoms with Gasteiger partial charge in [0.1, 0.15) is 0 Å². The van der Waals surface area contributed by atoms with Crippen LogP contribution in [-0.2, 0) is 0 Å². The molecule has 0 aromatic rings. The van der Waals surface area contributed by atoms with Gasteiger partial charge >= 0.3 is 0 Å². The van der Waals surface area contributed by atoms with E-state index in [0.717, 1.165) is 18.0 Å². The van der Waals surface area contributed by atoms with Gasteiger partial charge in [-0.25, -0.2) is 0 Å². The lowest BCUT2D eigenvalue weighted by atomic mass is 9.99. The maximum atomic E-state index is 3.70. The first-order valence-corrected chi connectivity index (χ1v) is 6.89. The number of nitrogens with one attached hydrogen (secondary N) is 1. The maximum absolute atomic E-state index is 3.70. The maximum Gasteiger partial charge on any atom is 0.0198 e. The molecule has 2 heteroatoms. The van der Waals surface area contributed by atoms with E-state index in [4.69, 9.17) is 0 Å². The van der Waals surface area contributed by atoms with Crippen LogP contribution in [0.2, 0.25) is 0 Å². The van der Waals surface area contributed by atoms with E-state index in [1.54, 1.807) is 0 Å². The van der Waals surface area contributed by atoms with Gasteiger partial charge < -0.3 is 5.32 Å². The lowest BCUT2D eigenvalue weighted by Crippen LogP contribution is -2.56. The van der Waals surface area contributed by atoms with Crippen molar-refractivity contribution < 1.29 is 0 Å². The predicted molar refractivity (Wildman–Crippen MR) is 69.6 cm³/mol. The van der Waals surface area contributed by atoms with Gasteiger partial charge in [-0.2, -0.15) is 0 Å². The van der Waals surface area contributed by atoms with Crippen LogP contribution in [0, 0.1) is 11.3 Å². The number of hydrogen-bond acceptors (Lipinski definition) is 2. The van der Waals surface area contributed by atoms with Crippen LogP contribution in [-0.4, -0.2) is 36.1 Å². The standard InChI is InChI=1S/C14H28N2/c1-10(2)6-12-9-16(11(3)8-15-12)13-7-14(13,4)5/h10-13,15H,6-9H2,1-5H3. The monoisotopic (exact) mass is 224 g/mol. The Labute approximate surface area is 101 Å². The third-order valence-corrected chi connectivity index (χ3v) is 4.32. The molecule has 94 valence electrons. The first-order chi connectivity index (χ1) is 7.40. The zero-order valence-corrected chi connectivity index (χ0v) is 11.6. The summed E-state index contributed by atoms with van der Waals surface area (Å²) in [5, 5.41) is 3.70. The Morgan fingerprint density at radius 1 is 1.38 bits per heavy atom. The van der Waals surface area contributed by atoms with E-state index in [2.05, 4.69) is 44.8 Å². The average Bonchev–Trinajstić information content (AvgIpc) is 2.78. The van der Waals surface area contributed by atoms with Gasteiger partial charge in [0.15, 0.2) is 0 Å². The van der Waals surface area contributed by atoms with E-state index < -0.39 is 0 Å². The van der Waals surface area contributed by atoms with Crippen molar-refractivity contribution in [3.05, 3.63) is 0 Å². The fraction of sp³-hybridized carbons (Fsp3) is 1.00. The van der Waals surface area contributed by atoms with Crippen LogP contribution in [0.3, 0.4) is 0 Å². The van der Waals surface area contributed by atoms with Gasteiger partial charge in [-0.1, -0.05) is 27.7 Å². The normalized spacial score (nSPS) is 39.0. The molecule has 16 heavy (non-hydrogen) atoms. The van der Waals surface area contributed by atoms with Crippen LogP contribution in [0.25, 0.3) is 0 Å². The number of nitrogens with zero attached hydrogens (tertiary/aromatic N) is 1. The van der Waals surface area contributed by atoms with Gasteiger partial charge in [-0.15, -0.1) is 0 Å². The molecule has 1 aliphatic carbocycles. The molecule has 1 N–H and O–H groups in total. The Morgan fingerprint density at radius 2 is 2.00 bits per heavy atom. The van der Waals surface area contributed by atoms with Crippen molar-refractivity contribution in [1.82, 2.24) is 10.2 Å². The van der Waals surface area contributed by atoms with Gasteiger partial charge in [0.05, 0.1) is 0 Å². The molecule has 1 aliphatic heterocycles. The summed E-state index contributed by atoms with van der Waals surface area (Å²) in [6.07, 6.45) is 2.71. The van der Waals surface area contributed by atoms with E-state index in [9.17, 15) is 0 Å². The second-order valence-corrected chi connectivity index (χ2v) is 6.99. The summed E-state index contributed by atoms with van der Waals surface area (Å²) < 4.78 is 0. The molecule has 0 spiro atoms. The van der Waals surface area contributed by atoms with Crippen molar-refractivity contribution in [3.63, 3.8) is 0 Å². The molecular formula is C14H28N2. The van der Waals surface area contributed by atoms with Crippen LogP contribution < -0.4 is 5.32 Å². The Kier molecular flexibility index (Phi) is 3.33. The summed E-state index contributed by atoms with van der Waals surface area (Å²) in [6.45, 7) is 14.3. The summed E-state index contributed by atoms with van der Waals surface area (Å²) in [4.78, 5) is 2.75. The minimum absolute atomic E-state index is 0.577. The highest BCUT2D eigenvalue weighted by Gasteiger charge is 2.51. The Morgan fingerprint density at radius 3 is 2.50 bits per heavy atom. The highest BCUT2D eigenvalue weighted by Crippen LogP contribution is 2.49. The van der Waals surface area contributed by atoms with Crippen molar-refractivity contribution in [2.45, 2.75) is 65.6 Å². The van der Waals surface area contributed by atoms with Gasteiger partial charge in [-0.3, -0.25) is 4.90 Å². The molecule has 2 rings (SSSR count). The molecule has 0 amide bonds. The van der Waals surface area contributed by atoms with Crippen molar-refractivity contribution in [3.8, 4) is 0 Å². The molecule has 3 unspecified atom stereocenters. The first kappa shape index (κ1) is 12.4. The largest absolute Gasteiger partial charge is 0.311 e. The summed E-state index contributed by atoms with van der Waals surface area (Å²) in [5.74, 6) is 0.806. The van der Waals surface area contributed by atoms with Crippen molar-refractivity contribution in [2.24, 2.45) is 11.3 Å². The fourth-order valence-corrected chi connectivity index (χ4v) is 3.12. The quantitative estimate of drug-likeness (QED) is 0.792. The lowest BCUT2D eigenvalue weighted by Gasteiger charge is -2.40. The zero-order chi connectivity index (χ0) is 11.9. The van der Waals surface area contributed by atoms with Crippen LogP contribution in [0.1, 0.15) is 47.5 Å². The minimum atomic E-state index is 0.577.